The van der Waals surface area contributed by atoms with Crippen LogP contribution in [0.25, 0.3) is 0 Å². The number of carboxylic acids is 1. The van der Waals surface area contributed by atoms with Crippen LogP contribution in [0.3, 0.4) is 0 Å². The van der Waals surface area contributed by atoms with Crippen LogP contribution in [0.1, 0.15) is 52.4 Å². The molecule has 2 N–H and O–H groups in total. The summed E-state index contributed by atoms with van der Waals surface area (Å²) in [5.41, 5.74) is -1.66. The summed E-state index contributed by atoms with van der Waals surface area (Å²) in [6.45, 7) is 3.10. The van der Waals surface area contributed by atoms with Crippen LogP contribution in [0.15, 0.2) is 0 Å². The second-order valence-corrected chi connectivity index (χ2v) is 5.60. The Bertz CT molecular complexity index is 322. The molecule has 0 aliphatic heterocycles. The fourth-order valence-electron chi connectivity index (χ4n) is 2.73. The Hall–Kier alpha value is -1.10. The summed E-state index contributed by atoms with van der Waals surface area (Å²) >= 11 is 0. The van der Waals surface area contributed by atoms with Gasteiger partial charge in [0.15, 0.2) is 5.41 Å². The summed E-state index contributed by atoms with van der Waals surface area (Å²) in [7, 11) is 0. The van der Waals surface area contributed by atoms with E-state index in [1.165, 1.54) is 19.8 Å². The SMILES string of the molecule is CCOC(=O)C(C)(CC(O)CC1CCCC1)C(=O)O. The number of aliphatic hydroxyl groups is 1. The Labute approximate surface area is 114 Å². The van der Waals surface area contributed by atoms with E-state index in [-0.39, 0.29) is 13.0 Å². The molecule has 0 saturated heterocycles. The molecule has 1 saturated carbocycles. The Balaban J connectivity index is 2.61. The van der Waals surface area contributed by atoms with Crippen LogP contribution in [-0.4, -0.2) is 34.9 Å². The lowest BCUT2D eigenvalue weighted by atomic mass is 9.82. The molecule has 1 aliphatic carbocycles. The van der Waals surface area contributed by atoms with E-state index in [1.54, 1.807) is 6.92 Å². The van der Waals surface area contributed by atoms with Crippen molar-refractivity contribution >= 4 is 11.9 Å². The van der Waals surface area contributed by atoms with Crippen LogP contribution in [0.5, 0.6) is 0 Å². The van der Waals surface area contributed by atoms with Gasteiger partial charge in [0.25, 0.3) is 0 Å². The smallest absolute Gasteiger partial charge is 0.323 e. The molecule has 0 radical (unpaired) electrons. The number of hydrogen-bond acceptors (Lipinski definition) is 4. The van der Waals surface area contributed by atoms with Gasteiger partial charge in [-0.1, -0.05) is 25.7 Å². The van der Waals surface area contributed by atoms with Crippen molar-refractivity contribution in [3.05, 3.63) is 0 Å². The van der Waals surface area contributed by atoms with Gasteiger partial charge >= 0.3 is 11.9 Å². The lowest BCUT2D eigenvalue weighted by Crippen LogP contribution is -2.41. The van der Waals surface area contributed by atoms with Gasteiger partial charge in [0.1, 0.15) is 0 Å². The van der Waals surface area contributed by atoms with E-state index in [0.717, 1.165) is 12.8 Å². The van der Waals surface area contributed by atoms with Crippen molar-refractivity contribution < 1.29 is 24.5 Å². The first-order chi connectivity index (χ1) is 8.90. The van der Waals surface area contributed by atoms with E-state index >= 15 is 0 Å². The third-order valence-corrected chi connectivity index (χ3v) is 3.92. The molecule has 0 heterocycles. The maximum absolute atomic E-state index is 11.8. The molecular weight excluding hydrogens is 248 g/mol. The zero-order chi connectivity index (χ0) is 14.5. The average Bonchev–Trinajstić information content (AvgIpc) is 2.81. The van der Waals surface area contributed by atoms with E-state index in [0.29, 0.717) is 12.3 Å². The van der Waals surface area contributed by atoms with Crippen molar-refractivity contribution in [3.8, 4) is 0 Å². The third-order valence-electron chi connectivity index (χ3n) is 3.92. The fraction of sp³-hybridized carbons (Fsp3) is 0.857. The van der Waals surface area contributed by atoms with Crippen molar-refractivity contribution in [1.29, 1.82) is 0 Å². The summed E-state index contributed by atoms with van der Waals surface area (Å²) in [6.07, 6.45) is 4.23. The number of carbonyl (C=O) groups is 2. The highest BCUT2D eigenvalue weighted by Gasteiger charge is 2.44. The molecule has 1 fully saturated rings. The largest absolute Gasteiger partial charge is 0.480 e. The number of carbonyl (C=O) groups excluding carboxylic acids is 1. The highest BCUT2D eigenvalue weighted by atomic mass is 16.5. The van der Waals surface area contributed by atoms with Crippen LogP contribution in [-0.2, 0) is 14.3 Å². The molecule has 5 nitrogen and oxygen atoms in total. The molecule has 5 heteroatoms. The van der Waals surface area contributed by atoms with Crippen molar-refractivity contribution in [3.63, 3.8) is 0 Å². The standard InChI is InChI=1S/C14H24O5/c1-3-19-13(18)14(2,12(16)17)9-11(15)8-10-6-4-5-7-10/h10-11,15H,3-9H2,1-2H3,(H,16,17). The van der Waals surface area contributed by atoms with Crippen LogP contribution >= 0.6 is 0 Å². The normalized spacial score (nSPS) is 20.8. The van der Waals surface area contributed by atoms with Gasteiger partial charge in [-0.05, 0) is 32.6 Å². The van der Waals surface area contributed by atoms with E-state index in [1.807, 2.05) is 0 Å². The predicted octanol–water partition coefficient (Wildman–Crippen LogP) is 1.97. The molecule has 1 rings (SSSR count). The van der Waals surface area contributed by atoms with Crippen LogP contribution in [0.4, 0.5) is 0 Å². The minimum atomic E-state index is -1.66. The monoisotopic (exact) mass is 272 g/mol. The maximum Gasteiger partial charge on any atom is 0.323 e. The highest BCUT2D eigenvalue weighted by molar-refractivity contribution is 5.98. The second kappa shape index (κ2) is 6.89. The molecule has 0 aromatic rings. The molecule has 0 aromatic heterocycles. The lowest BCUT2D eigenvalue weighted by molar-refractivity contribution is -0.169. The quantitative estimate of drug-likeness (QED) is 0.547. The highest BCUT2D eigenvalue weighted by Crippen LogP contribution is 2.33. The van der Waals surface area contributed by atoms with Gasteiger partial charge in [0.2, 0.25) is 0 Å². The molecule has 0 spiro atoms. The van der Waals surface area contributed by atoms with Gasteiger partial charge in [0.05, 0.1) is 12.7 Å². The summed E-state index contributed by atoms with van der Waals surface area (Å²) in [5.74, 6) is -1.56. The van der Waals surface area contributed by atoms with Gasteiger partial charge in [-0.25, -0.2) is 0 Å². The predicted molar refractivity (Wildman–Crippen MR) is 69.6 cm³/mol. The Morgan fingerprint density at radius 1 is 1.37 bits per heavy atom. The van der Waals surface area contributed by atoms with E-state index in [2.05, 4.69) is 0 Å². The molecule has 110 valence electrons. The zero-order valence-corrected chi connectivity index (χ0v) is 11.7. The Kier molecular flexibility index (Phi) is 5.79. The van der Waals surface area contributed by atoms with Gasteiger partial charge in [0, 0.05) is 0 Å². The number of aliphatic carboxylic acids is 1. The third kappa shape index (κ3) is 4.20. The van der Waals surface area contributed by atoms with Crippen molar-refractivity contribution in [2.45, 2.75) is 58.5 Å². The summed E-state index contributed by atoms with van der Waals surface area (Å²) in [5, 5.41) is 19.3. The summed E-state index contributed by atoms with van der Waals surface area (Å²) in [6, 6.07) is 0. The molecule has 0 bridgehead atoms. The summed E-state index contributed by atoms with van der Waals surface area (Å²) < 4.78 is 4.81. The fourth-order valence-corrected chi connectivity index (χ4v) is 2.73. The van der Waals surface area contributed by atoms with Crippen LogP contribution in [0.2, 0.25) is 0 Å². The number of esters is 1. The summed E-state index contributed by atoms with van der Waals surface area (Å²) in [4.78, 5) is 23.1. The minimum absolute atomic E-state index is 0.0856. The zero-order valence-electron chi connectivity index (χ0n) is 11.7. The Morgan fingerprint density at radius 3 is 2.42 bits per heavy atom. The van der Waals surface area contributed by atoms with Gasteiger partial charge in [-0.3, -0.25) is 9.59 Å². The molecule has 19 heavy (non-hydrogen) atoms. The molecule has 0 amide bonds. The number of hydrogen-bond donors (Lipinski definition) is 2. The first kappa shape index (κ1) is 16.0. The maximum atomic E-state index is 11.8. The molecule has 0 aromatic carbocycles. The van der Waals surface area contributed by atoms with E-state index in [4.69, 9.17) is 4.74 Å². The number of aliphatic hydroxyl groups excluding tert-OH is 1. The molecule has 1 aliphatic rings. The second-order valence-electron chi connectivity index (χ2n) is 5.60. The van der Waals surface area contributed by atoms with E-state index in [9.17, 15) is 19.8 Å². The van der Waals surface area contributed by atoms with Gasteiger partial charge in [-0.15, -0.1) is 0 Å². The topological polar surface area (TPSA) is 83.8 Å². The van der Waals surface area contributed by atoms with Gasteiger partial charge < -0.3 is 14.9 Å². The van der Waals surface area contributed by atoms with Gasteiger partial charge in [-0.2, -0.15) is 0 Å². The van der Waals surface area contributed by atoms with Crippen molar-refractivity contribution in [2.75, 3.05) is 6.61 Å². The molecule has 2 unspecified atom stereocenters. The first-order valence-corrected chi connectivity index (χ1v) is 6.98. The van der Waals surface area contributed by atoms with Crippen LogP contribution in [0, 0.1) is 11.3 Å². The van der Waals surface area contributed by atoms with Crippen molar-refractivity contribution in [2.24, 2.45) is 11.3 Å². The first-order valence-electron chi connectivity index (χ1n) is 6.98. The van der Waals surface area contributed by atoms with Crippen LogP contribution < -0.4 is 0 Å². The number of ether oxygens (including phenoxy) is 1. The lowest BCUT2D eigenvalue weighted by Gasteiger charge is -2.26. The number of carboxylic acid groups (broad SMARTS) is 1. The van der Waals surface area contributed by atoms with Crippen molar-refractivity contribution in [1.82, 2.24) is 0 Å². The minimum Gasteiger partial charge on any atom is -0.480 e. The van der Waals surface area contributed by atoms with E-state index < -0.39 is 23.5 Å². The Morgan fingerprint density at radius 2 is 1.95 bits per heavy atom. The number of rotatable bonds is 7. The average molecular weight is 272 g/mol. The molecular formula is C14H24O5. The molecule has 2 atom stereocenters.